The largest absolute Gasteiger partial charge is 0.394 e. The molecule has 0 saturated carbocycles. The highest BCUT2D eigenvalue weighted by Crippen LogP contribution is 1.60. The maximum Gasteiger partial charge on any atom is 0.394 e. The molecule has 0 bridgehead atoms. The standard InChI is InChI=1S/2C6H11N.H2O4S/c2*1-3-5-7-6-4-2;1-5(2,3)4/h2*3-4,7H,1-2,5-6H2;(H2,1,2,3,4). The van der Waals surface area contributed by atoms with E-state index in [-0.39, 0.29) is 0 Å². The first kappa shape index (κ1) is 22.9. The van der Waals surface area contributed by atoms with Crippen molar-refractivity contribution in [2.75, 3.05) is 26.2 Å². The highest BCUT2D eigenvalue weighted by Gasteiger charge is 1.84. The molecule has 0 aromatic rings. The third-order valence-electron chi connectivity index (χ3n) is 1.15. The third-order valence-corrected chi connectivity index (χ3v) is 1.15. The van der Waals surface area contributed by atoms with Crippen LogP contribution in [0.2, 0.25) is 0 Å². The fraction of sp³-hybridized carbons (Fsp3) is 0.333. The monoisotopic (exact) mass is 292 g/mol. The van der Waals surface area contributed by atoms with E-state index in [1.165, 1.54) is 0 Å². The molecule has 112 valence electrons. The van der Waals surface area contributed by atoms with E-state index < -0.39 is 10.4 Å². The summed E-state index contributed by atoms with van der Waals surface area (Å²) in [4.78, 5) is 0. The molecule has 0 heterocycles. The van der Waals surface area contributed by atoms with E-state index in [9.17, 15) is 0 Å². The van der Waals surface area contributed by atoms with Crippen LogP contribution in [0.25, 0.3) is 0 Å². The van der Waals surface area contributed by atoms with Crippen molar-refractivity contribution >= 4 is 10.4 Å². The van der Waals surface area contributed by atoms with E-state index in [0.29, 0.717) is 0 Å². The van der Waals surface area contributed by atoms with Crippen LogP contribution in [0.1, 0.15) is 0 Å². The van der Waals surface area contributed by atoms with Crippen molar-refractivity contribution in [1.29, 1.82) is 0 Å². The van der Waals surface area contributed by atoms with Gasteiger partial charge in [-0.05, 0) is 0 Å². The van der Waals surface area contributed by atoms with Crippen LogP contribution in [-0.2, 0) is 10.4 Å². The Kier molecular flexibility index (Phi) is 23.0. The van der Waals surface area contributed by atoms with E-state index in [2.05, 4.69) is 36.9 Å². The zero-order valence-corrected chi connectivity index (χ0v) is 11.9. The van der Waals surface area contributed by atoms with Gasteiger partial charge in [-0.3, -0.25) is 9.11 Å². The molecule has 4 N–H and O–H groups in total. The van der Waals surface area contributed by atoms with Crippen LogP contribution in [0.5, 0.6) is 0 Å². The zero-order chi connectivity index (χ0) is 15.6. The Morgan fingerprint density at radius 2 is 0.895 bits per heavy atom. The van der Waals surface area contributed by atoms with Gasteiger partial charge in [0.25, 0.3) is 0 Å². The summed E-state index contributed by atoms with van der Waals surface area (Å²) in [7, 11) is -4.67. The minimum absolute atomic E-state index is 0.867. The van der Waals surface area contributed by atoms with E-state index in [0.717, 1.165) is 26.2 Å². The van der Waals surface area contributed by atoms with Gasteiger partial charge in [-0.25, -0.2) is 0 Å². The van der Waals surface area contributed by atoms with Gasteiger partial charge in [0.1, 0.15) is 0 Å². The first-order chi connectivity index (χ1) is 8.83. The quantitative estimate of drug-likeness (QED) is 0.305. The summed E-state index contributed by atoms with van der Waals surface area (Å²) in [6.45, 7) is 17.6. The summed E-state index contributed by atoms with van der Waals surface area (Å²) in [5.41, 5.74) is 0. The van der Waals surface area contributed by atoms with Crippen LogP contribution >= 0.6 is 0 Å². The van der Waals surface area contributed by atoms with Crippen LogP contribution < -0.4 is 10.6 Å². The van der Waals surface area contributed by atoms with Crippen LogP contribution in [-0.4, -0.2) is 43.7 Å². The van der Waals surface area contributed by atoms with Crippen LogP contribution in [0.3, 0.4) is 0 Å². The number of hydrogen-bond acceptors (Lipinski definition) is 4. The lowest BCUT2D eigenvalue weighted by molar-refractivity contribution is 0.381. The molecule has 0 unspecified atom stereocenters. The smallest absolute Gasteiger partial charge is 0.310 e. The van der Waals surface area contributed by atoms with Crippen molar-refractivity contribution in [3.63, 3.8) is 0 Å². The minimum Gasteiger partial charge on any atom is -0.310 e. The van der Waals surface area contributed by atoms with Gasteiger partial charge in [0.15, 0.2) is 0 Å². The fourth-order valence-electron chi connectivity index (χ4n) is 0.575. The van der Waals surface area contributed by atoms with Crippen molar-refractivity contribution in [1.82, 2.24) is 10.6 Å². The normalized spacial score (nSPS) is 8.95. The Labute approximate surface area is 116 Å². The zero-order valence-electron chi connectivity index (χ0n) is 11.1. The molecule has 0 spiro atoms. The first-order valence-corrected chi connectivity index (χ1v) is 6.78. The van der Waals surface area contributed by atoms with Crippen molar-refractivity contribution in [3.05, 3.63) is 50.6 Å². The van der Waals surface area contributed by atoms with Crippen LogP contribution in [0.15, 0.2) is 50.6 Å². The predicted molar refractivity (Wildman–Crippen MR) is 80.7 cm³/mol. The SMILES string of the molecule is C=CCNCC=C.C=CCNCC=C.O=S(=O)(O)O. The van der Waals surface area contributed by atoms with Crippen molar-refractivity contribution in [2.24, 2.45) is 0 Å². The van der Waals surface area contributed by atoms with Gasteiger partial charge >= 0.3 is 10.4 Å². The van der Waals surface area contributed by atoms with Gasteiger partial charge in [0.2, 0.25) is 0 Å². The molecule has 0 atom stereocenters. The molecular formula is C12H24N2O4S. The summed E-state index contributed by atoms with van der Waals surface area (Å²) < 4.78 is 31.6. The maximum absolute atomic E-state index is 8.74. The van der Waals surface area contributed by atoms with Crippen molar-refractivity contribution in [3.8, 4) is 0 Å². The Morgan fingerprint density at radius 3 is 1.00 bits per heavy atom. The lowest BCUT2D eigenvalue weighted by Gasteiger charge is -1.90. The van der Waals surface area contributed by atoms with Gasteiger partial charge in [-0.15, -0.1) is 26.3 Å². The highest BCUT2D eigenvalue weighted by atomic mass is 32.3. The van der Waals surface area contributed by atoms with Crippen LogP contribution in [0.4, 0.5) is 0 Å². The van der Waals surface area contributed by atoms with Gasteiger partial charge < -0.3 is 10.6 Å². The Balaban J connectivity index is -0.000000206. The van der Waals surface area contributed by atoms with E-state index in [1.807, 2.05) is 24.3 Å². The number of nitrogens with one attached hydrogen (secondary N) is 2. The second-order valence-electron chi connectivity index (χ2n) is 2.92. The molecule has 0 fully saturated rings. The Bertz CT molecular complexity index is 285. The first-order valence-electron chi connectivity index (χ1n) is 5.38. The minimum atomic E-state index is -4.67. The van der Waals surface area contributed by atoms with Gasteiger partial charge in [-0.2, -0.15) is 8.42 Å². The summed E-state index contributed by atoms with van der Waals surface area (Å²) in [6, 6.07) is 0. The molecule has 0 aliphatic heterocycles. The number of rotatable bonds is 8. The average Bonchev–Trinajstić information content (AvgIpc) is 2.29. The molecule has 0 radical (unpaired) electrons. The predicted octanol–water partition coefficient (Wildman–Crippen LogP) is 1.24. The summed E-state index contributed by atoms with van der Waals surface area (Å²) in [5.74, 6) is 0. The number of hydrogen-bond donors (Lipinski definition) is 4. The third kappa shape index (κ3) is 80.0. The fourth-order valence-corrected chi connectivity index (χ4v) is 0.575. The van der Waals surface area contributed by atoms with Crippen LogP contribution in [0, 0.1) is 0 Å². The molecule has 0 aromatic carbocycles. The second kappa shape index (κ2) is 19.1. The molecule has 19 heavy (non-hydrogen) atoms. The molecule has 0 saturated heterocycles. The Morgan fingerprint density at radius 1 is 0.737 bits per heavy atom. The molecule has 6 nitrogen and oxygen atoms in total. The summed E-state index contributed by atoms with van der Waals surface area (Å²) in [6.07, 6.45) is 7.29. The summed E-state index contributed by atoms with van der Waals surface area (Å²) >= 11 is 0. The molecule has 0 aliphatic carbocycles. The highest BCUT2D eigenvalue weighted by molar-refractivity contribution is 7.79. The van der Waals surface area contributed by atoms with Gasteiger partial charge in [-0.1, -0.05) is 24.3 Å². The molecule has 0 amide bonds. The van der Waals surface area contributed by atoms with E-state index in [1.54, 1.807) is 0 Å². The molecular weight excluding hydrogens is 268 g/mol. The van der Waals surface area contributed by atoms with Gasteiger partial charge in [0.05, 0.1) is 0 Å². The average molecular weight is 292 g/mol. The molecule has 7 heteroatoms. The molecule has 0 rings (SSSR count). The van der Waals surface area contributed by atoms with Crippen molar-refractivity contribution in [2.45, 2.75) is 0 Å². The summed E-state index contributed by atoms with van der Waals surface area (Å²) in [5, 5.41) is 6.10. The molecule has 0 aliphatic rings. The van der Waals surface area contributed by atoms with E-state index in [4.69, 9.17) is 17.5 Å². The Hall–Kier alpha value is -1.25. The molecule has 0 aromatic heterocycles. The lowest BCUT2D eigenvalue weighted by atomic mass is 10.5. The van der Waals surface area contributed by atoms with Gasteiger partial charge in [0, 0.05) is 26.2 Å². The lowest BCUT2D eigenvalue weighted by Crippen LogP contribution is -2.11. The van der Waals surface area contributed by atoms with E-state index >= 15 is 0 Å². The topological polar surface area (TPSA) is 98.7 Å². The van der Waals surface area contributed by atoms with Crippen molar-refractivity contribution < 1.29 is 17.5 Å². The second-order valence-corrected chi connectivity index (χ2v) is 3.81. The maximum atomic E-state index is 8.74.